The van der Waals surface area contributed by atoms with Crippen LogP contribution in [0.1, 0.15) is 36.3 Å². The zero-order valence-corrected chi connectivity index (χ0v) is 19.9. The highest BCUT2D eigenvalue weighted by molar-refractivity contribution is 6.11. The van der Waals surface area contributed by atoms with Crippen molar-refractivity contribution < 1.29 is 19.0 Å². The van der Waals surface area contributed by atoms with Crippen molar-refractivity contribution in [2.24, 2.45) is 19.5 Å². The minimum atomic E-state index is -0.523. The molecule has 0 amide bonds. The monoisotopic (exact) mass is 453 g/mol. The molecule has 1 aliphatic carbocycles. The van der Waals surface area contributed by atoms with Gasteiger partial charge in [-0.15, -0.1) is 0 Å². The van der Waals surface area contributed by atoms with E-state index in [4.69, 9.17) is 14.2 Å². The largest absolute Gasteiger partial charge is 0.493 e. The Morgan fingerprint density at radius 3 is 2.03 bits per heavy atom. The lowest BCUT2D eigenvalue weighted by Gasteiger charge is -2.31. The van der Waals surface area contributed by atoms with Crippen molar-refractivity contribution in [3.05, 3.63) is 44.2 Å². The topological polar surface area (TPSA) is 102 Å². The number of fused-ring (bicyclic) bond motifs is 2. The molecule has 0 saturated heterocycles. The third kappa shape index (κ3) is 3.39. The first-order valence-electron chi connectivity index (χ1n) is 10.5. The van der Waals surface area contributed by atoms with Crippen molar-refractivity contribution in [2.45, 2.75) is 26.7 Å². The first-order valence-corrected chi connectivity index (χ1v) is 10.5. The van der Waals surface area contributed by atoms with E-state index in [2.05, 4.69) is 4.98 Å². The van der Waals surface area contributed by atoms with E-state index >= 15 is 0 Å². The number of hydrogen-bond acceptors (Lipinski definition) is 7. The fourth-order valence-corrected chi connectivity index (χ4v) is 4.62. The van der Waals surface area contributed by atoms with Crippen LogP contribution in [0, 0.1) is 5.41 Å². The van der Waals surface area contributed by atoms with Crippen LogP contribution >= 0.6 is 0 Å². The van der Waals surface area contributed by atoms with Gasteiger partial charge < -0.3 is 14.2 Å². The van der Waals surface area contributed by atoms with Gasteiger partial charge in [0.15, 0.2) is 17.3 Å². The first kappa shape index (κ1) is 22.6. The highest BCUT2D eigenvalue weighted by Gasteiger charge is 2.36. The molecule has 0 atom stereocenters. The maximum Gasteiger partial charge on any atom is 0.332 e. The van der Waals surface area contributed by atoms with Crippen molar-refractivity contribution in [1.29, 1.82) is 0 Å². The Morgan fingerprint density at radius 1 is 0.879 bits per heavy atom. The van der Waals surface area contributed by atoms with Crippen LogP contribution in [0.3, 0.4) is 0 Å². The second-order valence-corrected chi connectivity index (χ2v) is 9.07. The molecule has 4 rings (SSSR count). The third-order valence-corrected chi connectivity index (χ3v) is 6.18. The van der Waals surface area contributed by atoms with E-state index in [0.29, 0.717) is 52.5 Å². The molecule has 0 N–H and O–H groups in total. The number of pyridine rings is 1. The number of ether oxygens (including phenoxy) is 3. The molecule has 0 radical (unpaired) electrons. The van der Waals surface area contributed by atoms with Gasteiger partial charge in [0.25, 0.3) is 5.56 Å². The van der Waals surface area contributed by atoms with Crippen LogP contribution in [-0.2, 0) is 20.5 Å². The van der Waals surface area contributed by atoms with E-state index in [9.17, 15) is 14.4 Å². The summed E-state index contributed by atoms with van der Waals surface area (Å²) in [6.45, 7) is 4.00. The molecule has 1 aromatic carbocycles. The van der Waals surface area contributed by atoms with E-state index in [1.54, 1.807) is 19.2 Å². The second kappa shape index (κ2) is 7.75. The molecule has 2 aromatic heterocycles. The summed E-state index contributed by atoms with van der Waals surface area (Å²) in [6.07, 6.45) is 0.849. The van der Waals surface area contributed by atoms with Crippen molar-refractivity contribution in [3.8, 4) is 28.4 Å². The van der Waals surface area contributed by atoms with Gasteiger partial charge in [-0.05, 0) is 29.5 Å². The molecule has 0 spiro atoms. The number of hydrogen-bond donors (Lipinski definition) is 0. The summed E-state index contributed by atoms with van der Waals surface area (Å²) in [7, 11) is 7.47. The van der Waals surface area contributed by atoms with Gasteiger partial charge in [0.2, 0.25) is 5.75 Å². The molecule has 174 valence electrons. The normalized spacial score (nSPS) is 14.8. The van der Waals surface area contributed by atoms with Gasteiger partial charge in [-0.3, -0.25) is 18.7 Å². The van der Waals surface area contributed by atoms with E-state index in [1.165, 1.54) is 32.9 Å². The van der Waals surface area contributed by atoms with Crippen molar-refractivity contribution in [2.75, 3.05) is 21.3 Å². The quantitative estimate of drug-likeness (QED) is 0.598. The molecular weight excluding hydrogens is 426 g/mol. The van der Waals surface area contributed by atoms with Crippen LogP contribution in [0.5, 0.6) is 17.2 Å². The predicted octanol–water partition coefficient (Wildman–Crippen LogP) is 2.48. The molecule has 0 aliphatic heterocycles. The number of carbonyl (C=O) groups excluding carboxylic acids is 1. The summed E-state index contributed by atoms with van der Waals surface area (Å²) in [5.74, 6) is 1.06. The van der Waals surface area contributed by atoms with E-state index in [1.807, 2.05) is 13.8 Å². The zero-order chi connectivity index (χ0) is 24.2. The highest BCUT2D eigenvalue weighted by Crippen LogP contribution is 2.45. The van der Waals surface area contributed by atoms with Crippen LogP contribution in [-0.4, -0.2) is 41.2 Å². The summed E-state index contributed by atoms with van der Waals surface area (Å²) in [6, 6.07) is 3.40. The Bertz CT molecular complexity index is 1410. The van der Waals surface area contributed by atoms with Gasteiger partial charge >= 0.3 is 5.69 Å². The Balaban J connectivity index is 2.26. The van der Waals surface area contributed by atoms with Crippen LogP contribution in [0.4, 0.5) is 0 Å². The predicted molar refractivity (Wildman–Crippen MR) is 124 cm³/mol. The number of Topliss-reactive ketones (excluding diaryl/α,β-unsaturated/α-hetero) is 1. The van der Waals surface area contributed by atoms with Crippen molar-refractivity contribution in [1.82, 2.24) is 14.1 Å². The Labute approximate surface area is 190 Å². The van der Waals surface area contributed by atoms with Crippen molar-refractivity contribution >= 4 is 16.8 Å². The number of aromatic nitrogens is 3. The summed E-state index contributed by atoms with van der Waals surface area (Å²) in [5, 5.41) is 0.195. The minimum Gasteiger partial charge on any atom is -0.493 e. The minimum absolute atomic E-state index is 0.102. The fourth-order valence-electron chi connectivity index (χ4n) is 4.62. The molecule has 0 fully saturated rings. The van der Waals surface area contributed by atoms with E-state index in [0.717, 1.165) is 4.57 Å². The van der Waals surface area contributed by atoms with Crippen LogP contribution in [0.25, 0.3) is 22.2 Å². The van der Waals surface area contributed by atoms with Gasteiger partial charge in [0, 0.05) is 31.6 Å². The molecular formula is C24H27N3O6. The zero-order valence-electron chi connectivity index (χ0n) is 19.9. The lowest BCUT2D eigenvalue weighted by molar-refractivity contribution is 0.0911. The summed E-state index contributed by atoms with van der Waals surface area (Å²) >= 11 is 0. The summed E-state index contributed by atoms with van der Waals surface area (Å²) in [5.41, 5.74) is 0.847. The number of methoxy groups -OCH3 is 3. The molecule has 3 aromatic rings. The van der Waals surface area contributed by atoms with Crippen LogP contribution in [0.2, 0.25) is 0 Å². The number of nitrogens with zero attached hydrogens (tertiary/aromatic N) is 3. The molecule has 33 heavy (non-hydrogen) atoms. The number of benzene rings is 1. The first-order chi connectivity index (χ1) is 15.5. The van der Waals surface area contributed by atoms with E-state index < -0.39 is 11.2 Å². The number of aryl methyl sites for hydroxylation is 1. The molecule has 1 aliphatic rings. The van der Waals surface area contributed by atoms with Crippen LogP contribution in [0.15, 0.2) is 21.7 Å². The fraction of sp³-hybridized carbons (Fsp3) is 0.417. The third-order valence-electron chi connectivity index (χ3n) is 6.18. The lowest BCUT2D eigenvalue weighted by atomic mass is 9.73. The average Bonchev–Trinajstić information content (AvgIpc) is 2.78. The van der Waals surface area contributed by atoms with Crippen LogP contribution < -0.4 is 25.5 Å². The molecule has 9 heteroatoms. The number of carbonyl (C=O) groups is 1. The average molecular weight is 453 g/mol. The van der Waals surface area contributed by atoms with Gasteiger partial charge in [-0.25, -0.2) is 9.78 Å². The molecule has 0 unspecified atom stereocenters. The smallest absolute Gasteiger partial charge is 0.332 e. The standard InChI is InChI=1S/C24H27N3O6/c1-24(2)10-13-18(14(28)11-24)17(12-8-15(31-5)20(33-7)16(9-12)32-6)19-21(25-13)26(3)23(30)27(4)22(19)29/h8-9H,10-11H2,1-7H3. The summed E-state index contributed by atoms with van der Waals surface area (Å²) < 4.78 is 18.8. The number of rotatable bonds is 4. The SMILES string of the molecule is COc1cc(-c2c3c(nc4c2c(=O)n(C)c(=O)n4C)CC(C)(C)CC3=O)cc(OC)c1OC. The highest BCUT2D eigenvalue weighted by atomic mass is 16.5. The van der Waals surface area contributed by atoms with E-state index in [-0.39, 0.29) is 22.2 Å². The number of ketones is 1. The molecule has 2 heterocycles. The Kier molecular flexibility index (Phi) is 5.30. The van der Waals surface area contributed by atoms with Gasteiger partial charge in [0.1, 0.15) is 5.65 Å². The molecule has 0 bridgehead atoms. The van der Waals surface area contributed by atoms with Gasteiger partial charge in [-0.1, -0.05) is 13.8 Å². The lowest BCUT2D eigenvalue weighted by Crippen LogP contribution is -2.38. The summed E-state index contributed by atoms with van der Waals surface area (Å²) in [4.78, 5) is 44.1. The Hall–Kier alpha value is -3.62. The Morgan fingerprint density at radius 2 is 1.48 bits per heavy atom. The maximum atomic E-state index is 13.4. The molecule has 0 saturated carbocycles. The molecule has 9 nitrogen and oxygen atoms in total. The maximum absolute atomic E-state index is 13.4. The van der Waals surface area contributed by atoms with Crippen molar-refractivity contribution in [3.63, 3.8) is 0 Å². The van der Waals surface area contributed by atoms with Gasteiger partial charge in [-0.2, -0.15) is 0 Å². The van der Waals surface area contributed by atoms with Gasteiger partial charge in [0.05, 0.1) is 32.4 Å². The second-order valence-electron chi connectivity index (χ2n) is 9.07.